The third-order valence-corrected chi connectivity index (χ3v) is 12.9. The minimum absolute atomic E-state index is 0.0110. The molecule has 0 heterocycles. The van der Waals surface area contributed by atoms with Crippen LogP contribution < -0.4 is 0 Å². The number of hydrogen-bond donors (Lipinski definition) is 0. The van der Waals surface area contributed by atoms with Crippen molar-refractivity contribution in [3.8, 4) is 0 Å². The van der Waals surface area contributed by atoms with Crippen LogP contribution in [0.3, 0.4) is 0 Å². The molecule has 0 N–H and O–H groups in total. The number of fused-ring (bicyclic) bond motifs is 1. The zero-order valence-corrected chi connectivity index (χ0v) is 23.3. The second kappa shape index (κ2) is 8.81. The molecule has 2 aliphatic rings. The maximum Gasteiger partial charge on any atom is 0.303 e. The minimum Gasteiger partial charge on any atom is -0.549 e. The summed E-state index contributed by atoms with van der Waals surface area (Å²) in [5.41, 5.74) is -0.966. The molecule has 0 radical (unpaired) electrons. The van der Waals surface area contributed by atoms with Crippen molar-refractivity contribution in [2.45, 2.75) is 118 Å². The predicted molar refractivity (Wildman–Crippen MR) is 130 cm³/mol. The molecule has 0 aromatic carbocycles. The van der Waals surface area contributed by atoms with Gasteiger partial charge in [0.05, 0.1) is 6.26 Å². The van der Waals surface area contributed by atoms with Gasteiger partial charge < -0.3 is 13.9 Å². The third-order valence-electron chi connectivity index (χ3n) is 8.57. The van der Waals surface area contributed by atoms with Crippen LogP contribution in [0.25, 0.3) is 0 Å². The van der Waals surface area contributed by atoms with Crippen LogP contribution in [0.4, 0.5) is 0 Å². The summed E-state index contributed by atoms with van der Waals surface area (Å²) in [6, 6.07) is 0. The summed E-state index contributed by atoms with van der Waals surface area (Å²) in [6.07, 6.45) is 7.39. The van der Waals surface area contributed by atoms with E-state index in [9.17, 15) is 9.59 Å². The lowest BCUT2D eigenvalue weighted by Crippen LogP contribution is -2.64. The van der Waals surface area contributed by atoms with E-state index >= 15 is 0 Å². The van der Waals surface area contributed by atoms with Crippen molar-refractivity contribution >= 4 is 20.3 Å². The first-order chi connectivity index (χ1) is 14.4. The lowest BCUT2D eigenvalue weighted by molar-refractivity contribution is -0.224. The highest BCUT2D eigenvalue weighted by molar-refractivity contribution is 6.74. The molecule has 0 spiro atoms. The Morgan fingerprint density at radius 2 is 1.59 bits per heavy atom. The quantitative estimate of drug-likeness (QED) is 0.258. The maximum atomic E-state index is 12.2. The molecule has 184 valence electrons. The Hall–Kier alpha value is -1.30. The summed E-state index contributed by atoms with van der Waals surface area (Å²) in [6.45, 7) is 22.9. The monoisotopic (exact) mass is 466 g/mol. The van der Waals surface area contributed by atoms with Gasteiger partial charge in [-0.3, -0.25) is 9.59 Å². The molecular formula is C26H46O5Si. The van der Waals surface area contributed by atoms with Crippen LogP contribution >= 0.6 is 0 Å². The molecule has 2 aliphatic carbocycles. The number of carbonyl (C=O) groups excluding carboxylic acids is 2. The molecule has 2 rings (SSSR count). The van der Waals surface area contributed by atoms with E-state index in [2.05, 4.69) is 60.7 Å². The standard InChI is InChI=1S/C26H46O5Si/c1-18(27)30-20-17-26(9,31-19(2)28)21(13-16-29-32(10,11)23(3,4)5)25(8)15-12-14-24(6,7)22(20)25/h13,16,20-22H,12,14-15,17H2,1-11H3/b16-13+/t20-,21+,22?,25+,26+/m0/s1. The first-order valence-electron chi connectivity index (χ1n) is 12.1. The fourth-order valence-corrected chi connectivity index (χ4v) is 7.16. The molecule has 0 amide bonds. The fourth-order valence-electron chi connectivity index (χ4n) is 6.39. The van der Waals surface area contributed by atoms with Crippen molar-refractivity contribution < 1.29 is 23.5 Å². The molecule has 0 bridgehead atoms. The van der Waals surface area contributed by atoms with E-state index in [1.54, 1.807) is 0 Å². The van der Waals surface area contributed by atoms with Crippen LogP contribution in [-0.4, -0.2) is 32.0 Å². The fraction of sp³-hybridized carbons (Fsp3) is 0.846. The van der Waals surface area contributed by atoms with Crippen molar-refractivity contribution in [2.75, 3.05) is 0 Å². The molecule has 0 saturated heterocycles. The van der Waals surface area contributed by atoms with E-state index in [0.29, 0.717) is 6.42 Å². The smallest absolute Gasteiger partial charge is 0.303 e. The summed E-state index contributed by atoms with van der Waals surface area (Å²) in [5, 5.41) is 0.1000. The molecule has 0 aromatic rings. The van der Waals surface area contributed by atoms with E-state index in [1.165, 1.54) is 13.8 Å². The van der Waals surface area contributed by atoms with Gasteiger partial charge in [-0.1, -0.05) is 48.0 Å². The highest BCUT2D eigenvalue weighted by Crippen LogP contribution is 2.63. The van der Waals surface area contributed by atoms with E-state index in [0.717, 1.165) is 19.3 Å². The summed E-state index contributed by atoms with van der Waals surface area (Å²) < 4.78 is 18.3. The van der Waals surface area contributed by atoms with Crippen LogP contribution in [0, 0.1) is 22.7 Å². The Morgan fingerprint density at radius 1 is 1.00 bits per heavy atom. The minimum atomic E-state index is -1.96. The Balaban J connectivity index is 2.55. The van der Waals surface area contributed by atoms with Gasteiger partial charge in [0, 0.05) is 32.1 Å². The number of carbonyl (C=O) groups is 2. The Labute approximate surface area is 196 Å². The van der Waals surface area contributed by atoms with Crippen LogP contribution in [0.2, 0.25) is 18.1 Å². The summed E-state index contributed by atoms with van der Waals surface area (Å²) in [5.74, 6) is -0.465. The number of esters is 2. The topological polar surface area (TPSA) is 61.8 Å². The second-order valence-corrected chi connectivity index (χ2v) is 17.5. The second-order valence-electron chi connectivity index (χ2n) is 12.8. The maximum absolute atomic E-state index is 12.2. The molecule has 0 aliphatic heterocycles. The number of hydrogen-bond acceptors (Lipinski definition) is 5. The van der Waals surface area contributed by atoms with Crippen molar-refractivity contribution in [3.63, 3.8) is 0 Å². The average molecular weight is 467 g/mol. The highest BCUT2D eigenvalue weighted by atomic mass is 28.4. The Kier molecular flexibility index (Phi) is 7.42. The molecule has 32 heavy (non-hydrogen) atoms. The SMILES string of the molecule is CC(=O)O[C@H]1C[C@@](C)(OC(C)=O)[C@H](/C=C/O[Si](C)(C)C(C)(C)C)[C@@]2(C)CCCC(C)(C)C12. The molecule has 0 aromatic heterocycles. The normalized spacial score (nSPS) is 35.2. The first kappa shape index (κ1) is 26.9. The van der Waals surface area contributed by atoms with Crippen LogP contribution in [0.15, 0.2) is 12.3 Å². The van der Waals surface area contributed by atoms with Gasteiger partial charge in [0.15, 0.2) is 0 Å². The lowest BCUT2D eigenvalue weighted by atomic mass is 9.44. The van der Waals surface area contributed by atoms with Crippen LogP contribution in [-0.2, 0) is 23.5 Å². The largest absolute Gasteiger partial charge is 0.549 e. The van der Waals surface area contributed by atoms with Gasteiger partial charge in [-0.15, -0.1) is 0 Å². The summed E-state index contributed by atoms with van der Waals surface area (Å²) in [7, 11) is -1.96. The predicted octanol–water partition coefficient (Wildman–Crippen LogP) is 6.63. The van der Waals surface area contributed by atoms with Crippen molar-refractivity contribution in [1.29, 1.82) is 0 Å². The molecule has 2 fully saturated rings. The van der Waals surface area contributed by atoms with Gasteiger partial charge in [-0.25, -0.2) is 0 Å². The van der Waals surface area contributed by atoms with E-state index in [-0.39, 0.29) is 45.7 Å². The number of rotatable bonds is 5. The highest BCUT2D eigenvalue weighted by Gasteiger charge is 2.63. The Morgan fingerprint density at radius 3 is 2.09 bits per heavy atom. The summed E-state index contributed by atoms with van der Waals surface area (Å²) in [4.78, 5) is 24.2. The molecule has 6 heteroatoms. The van der Waals surface area contributed by atoms with Crippen LogP contribution in [0.5, 0.6) is 0 Å². The molecule has 5 atom stereocenters. The van der Waals surface area contributed by atoms with Crippen LogP contribution in [0.1, 0.15) is 88.0 Å². The van der Waals surface area contributed by atoms with Gasteiger partial charge in [0.2, 0.25) is 8.32 Å². The lowest BCUT2D eigenvalue weighted by Gasteiger charge is -2.63. The van der Waals surface area contributed by atoms with E-state index in [1.807, 2.05) is 13.2 Å². The van der Waals surface area contributed by atoms with Crippen molar-refractivity contribution in [2.24, 2.45) is 22.7 Å². The van der Waals surface area contributed by atoms with E-state index in [4.69, 9.17) is 13.9 Å². The zero-order valence-electron chi connectivity index (χ0n) is 22.3. The van der Waals surface area contributed by atoms with Crippen molar-refractivity contribution in [3.05, 3.63) is 12.3 Å². The van der Waals surface area contributed by atoms with Crippen molar-refractivity contribution in [1.82, 2.24) is 0 Å². The molecular weight excluding hydrogens is 420 g/mol. The Bertz CT molecular complexity index is 750. The van der Waals surface area contributed by atoms with Gasteiger partial charge in [-0.05, 0) is 54.8 Å². The average Bonchev–Trinajstić information content (AvgIpc) is 2.53. The van der Waals surface area contributed by atoms with Gasteiger partial charge in [0.1, 0.15) is 11.7 Å². The third kappa shape index (κ3) is 5.26. The summed E-state index contributed by atoms with van der Waals surface area (Å²) >= 11 is 0. The van der Waals surface area contributed by atoms with Gasteiger partial charge in [0.25, 0.3) is 0 Å². The zero-order chi connectivity index (χ0) is 24.8. The first-order valence-corrected chi connectivity index (χ1v) is 15.0. The number of ether oxygens (including phenoxy) is 2. The molecule has 2 saturated carbocycles. The van der Waals surface area contributed by atoms with E-state index < -0.39 is 13.9 Å². The molecule has 5 nitrogen and oxygen atoms in total. The molecule has 1 unspecified atom stereocenters. The van der Waals surface area contributed by atoms with Gasteiger partial charge in [-0.2, -0.15) is 0 Å². The van der Waals surface area contributed by atoms with Gasteiger partial charge >= 0.3 is 11.9 Å².